The van der Waals surface area contributed by atoms with Gasteiger partial charge >= 0.3 is 0 Å². The van der Waals surface area contributed by atoms with Crippen molar-refractivity contribution in [2.24, 2.45) is 5.41 Å². The quantitative estimate of drug-likeness (QED) is 0.751. The minimum Gasteiger partial charge on any atom is -0.508 e. The highest BCUT2D eigenvalue weighted by molar-refractivity contribution is 6.12. The van der Waals surface area contributed by atoms with Crippen LogP contribution in [-0.4, -0.2) is 41.3 Å². The SMILES string of the molecule is CC1OCC(=O)C1(C)C(=O)C(Cc1ccc(O)cc1)NC(=O)c1ccco1. The Labute approximate surface area is 156 Å². The van der Waals surface area contributed by atoms with Gasteiger partial charge in [-0.2, -0.15) is 0 Å². The van der Waals surface area contributed by atoms with E-state index < -0.39 is 29.3 Å². The third-order valence-electron chi connectivity index (χ3n) is 5.11. The standard InChI is InChI=1S/C20H21NO6/c1-12-20(2,17(23)11-27-12)18(24)15(10-13-5-7-14(22)8-6-13)21-19(25)16-4-3-9-26-16/h3-9,12,15,22H,10-11H2,1-2H3,(H,21,25). The molecule has 2 aromatic rings. The number of phenols is 1. The number of amides is 1. The molecule has 0 bridgehead atoms. The van der Waals surface area contributed by atoms with Crippen molar-refractivity contribution in [1.82, 2.24) is 5.32 Å². The Hall–Kier alpha value is -2.93. The molecule has 1 aliphatic rings. The highest BCUT2D eigenvalue weighted by atomic mass is 16.5. The van der Waals surface area contributed by atoms with Crippen molar-refractivity contribution in [1.29, 1.82) is 0 Å². The Bertz CT molecular complexity index is 842. The molecule has 0 aliphatic carbocycles. The van der Waals surface area contributed by atoms with Crippen LogP contribution in [0.15, 0.2) is 47.1 Å². The van der Waals surface area contributed by atoms with E-state index in [2.05, 4.69) is 5.32 Å². The molecule has 0 saturated carbocycles. The van der Waals surface area contributed by atoms with E-state index in [0.29, 0.717) is 0 Å². The molecule has 1 saturated heterocycles. The van der Waals surface area contributed by atoms with Crippen LogP contribution in [0.4, 0.5) is 0 Å². The normalized spacial score (nSPS) is 23.2. The van der Waals surface area contributed by atoms with Gasteiger partial charge in [-0.15, -0.1) is 0 Å². The molecule has 2 N–H and O–H groups in total. The molecule has 1 amide bonds. The molecule has 0 radical (unpaired) electrons. The van der Waals surface area contributed by atoms with Gasteiger partial charge < -0.3 is 19.6 Å². The summed E-state index contributed by atoms with van der Waals surface area (Å²) in [5.41, 5.74) is -0.605. The summed E-state index contributed by atoms with van der Waals surface area (Å²) < 4.78 is 10.4. The van der Waals surface area contributed by atoms with E-state index in [4.69, 9.17) is 9.15 Å². The second-order valence-corrected chi connectivity index (χ2v) is 6.82. The second kappa shape index (κ2) is 7.36. The summed E-state index contributed by atoms with van der Waals surface area (Å²) in [6, 6.07) is 8.43. The first-order valence-electron chi connectivity index (χ1n) is 8.64. The monoisotopic (exact) mass is 371 g/mol. The van der Waals surface area contributed by atoms with E-state index in [-0.39, 0.29) is 30.3 Å². The summed E-state index contributed by atoms with van der Waals surface area (Å²) in [6.45, 7) is 3.11. The van der Waals surface area contributed by atoms with Gasteiger partial charge in [0.05, 0.1) is 18.4 Å². The Morgan fingerprint density at radius 2 is 2.00 bits per heavy atom. The fourth-order valence-electron chi connectivity index (χ4n) is 3.16. The summed E-state index contributed by atoms with van der Waals surface area (Å²) in [5, 5.41) is 12.1. The van der Waals surface area contributed by atoms with E-state index in [0.717, 1.165) is 5.56 Å². The summed E-state index contributed by atoms with van der Waals surface area (Å²) in [5.74, 6) is -1.08. The molecule has 3 atom stereocenters. The Kier molecular flexibility index (Phi) is 5.14. The lowest BCUT2D eigenvalue weighted by molar-refractivity contribution is -0.139. The van der Waals surface area contributed by atoms with E-state index in [1.54, 1.807) is 32.0 Å². The number of nitrogens with one attached hydrogen (secondary N) is 1. The Balaban J connectivity index is 1.88. The molecule has 27 heavy (non-hydrogen) atoms. The van der Waals surface area contributed by atoms with E-state index in [1.807, 2.05) is 0 Å². The third kappa shape index (κ3) is 3.64. The number of hydrogen-bond donors (Lipinski definition) is 2. The number of furan rings is 1. The molecule has 7 nitrogen and oxygen atoms in total. The van der Waals surface area contributed by atoms with Crippen LogP contribution in [0.25, 0.3) is 0 Å². The largest absolute Gasteiger partial charge is 0.508 e. The summed E-state index contributed by atoms with van der Waals surface area (Å²) >= 11 is 0. The van der Waals surface area contributed by atoms with Crippen LogP contribution in [-0.2, 0) is 20.7 Å². The first-order chi connectivity index (χ1) is 12.8. The van der Waals surface area contributed by atoms with Gasteiger partial charge in [0.15, 0.2) is 17.3 Å². The number of aromatic hydroxyl groups is 1. The molecule has 1 aliphatic heterocycles. The van der Waals surface area contributed by atoms with Gasteiger partial charge in [-0.1, -0.05) is 12.1 Å². The van der Waals surface area contributed by atoms with Crippen molar-refractivity contribution < 1.29 is 28.6 Å². The lowest BCUT2D eigenvalue weighted by atomic mass is 9.75. The lowest BCUT2D eigenvalue weighted by Gasteiger charge is -2.29. The number of Topliss-reactive ketones (excluding diaryl/α,β-unsaturated/α-hetero) is 2. The van der Waals surface area contributed by atoms with Crippen molar-refractivity contribution in [2.45, 2.75) is 32.4 Å². The molecule has 3 unspecified atom stereocenters. The van der Waals surface area contributed by atoms with Gasteiger partial charge in [0.1, 0.15) is 17.8 Å². The molecule has 1 aromatic heterocycles. The lowest BCUT2D eigenvalue weighted by Crippen LogP contribution is -2.53. The van der Waals surface area contributed by atoms with Crippen LogP contribution in [0, 0.1) is 5.41 Å². The molecule has 1 fully saturated rings. The van der Waals surface area contributed by atoms with Crippen LogP contribution < -0.4 is 5.32 Å². The second-order valence-electron chi connectivity index (χ2n) is 6.82. The van der Waals surface area contributed by atoms with Crippen molar-refractivity contribution in [2.75, 3.05) is 6.61 Å². The highest BCUT2D eigenvalue weighted by Gasteiger charge is 2.53. The molecule has 0 spiro atoms. The first kappa shape index (κ1) is 18.8. The fourth-order valence-corrected chi connectivity index (χ4v) is 3.16. The Morgan fingerprint density at radius 1 is 1.30 bits per heavy atom. The number of ketones is 2. The van der Waals surface area contributed by atoms with Crippen LogP contribution in [0.2, 0.25) is 0 Å². The fraction of sp³-hybridized carbons (Fsp3) is 0.350. The van der Waals surface area contributed by atoms with Gasteiger partial charge in [-0.3, -0.25) is 14.4 Å². The van der Waals surface area contributed by atoms with Crippen LogP contribution in [0.1, 0.15) is 30.0 Å². The molecule has 3 rings (SSSR count). The van der Waals surface area contributed by atoms with Crippen LogP contribution >= 0.6 is 0 Å². The predicted octanol–water partition coefficient (Wildman–Crippen LogP) is 1.89. The molecule has 2 heterocycles. The van der Waals surface area contributed by atoms with Crippen LogP contribution in [0.3, 0.4) is 0 Å². The zero-order valence-electron chi connectivity index (χ0n) is 15.1. The number of hydrogen-bond acceptors (Lipinski definition) is 6. The Morgan fingerprint density at radius 3 is 2.56 bits per heavy atom. The average molecular weight is 371 g/mol. The number of carbonyl (C=O) groups excluding carboxylic acids is 3. The smallest absolute Gasteiger partial charge is 0.287 e. The summed E-state index contributed by atoms with van der Waals surface area (Å²) in [6.07, 6.45) is 0.949. The molecular weight excluding hydrogens is 350 g/mol. The molecule has 142 valence electrons. The maximum atomic E-state index is 13.3. The number of phenolic OH excluding ortho intramolecular Hbond substituents is 1. The van der Waals surface area contributed by atoms with Gasteiger partial charge in [0, 0.05) is 0 Å². The van der Waals surface area contributed by atoms with Crippen molar-refractivity contribution in [3.63, 3.8) is 0 Å². The van der Waals surface area contributed by atoms with E-state index >= 15 is 0 Å². The van der Waals surface area contributed by atoms with Crippen molar-refractivity contribution in [3.05, 3.63) is 54.0 Å². The number of benzene rings is 1. The molecule has 7 heteroatoms. The molecular formula is C20H21NO6. The molecule has 1 aromatic carbocycles. The number of rotatable bonds is 6. The van der Waals surface area contributed by atoms with Gasteiger partial charge in [-0.25, -0.2) is 0 Å². The third-order valence-corrected chi connectivity index (χ3v) is 5.11. The predicted molar refractivity (Wildman–Crippen MR) is 95.3 cm³/mol. The zero-order chi connectivity index (χ0) is 19.6. The van der Waals surface area contributed by atoms with E-state index in [1.165, 1.54) is 24.5 Å². The van der Waals surface area contributed by atoms with Crippen LogP contribution in [0.5, 0.6) is 5.75 Å². The van der Waals surface area contributed by atoms with E-state index in [9.17, 15) is 19.5 Å². The topological polar surface area (TPSA) is 106 Å². The maximum absolute atomic E-state index is 13.3. The maximum Gasteiger partial charge on any atom is 0.287 e. The van der Waals surface area contributed by atoms with Gasteiger partial charge in [-0.05, 0) is 50.1 Å². The minimum absolute atomic E-state index is 0.0747. The number of ether oxygens (including phenoxy) is 1. The van der Waals surface area contributed by atoms with Crippen molar-refractivity contribution in [3.8, 4) is 5.75 Å². The average Bonchev–Trinajstić information content (AvgIpc) is 3.28. The summed E-state index contributed by atoms with van der Waals surface area (Å²) in [4.78, 5) is 38.1. The summed E-state index contributed by atoms with van der Waals surface area (Å²) in [7, 11) is 0. The van der Waals surface area contributed by atoms with Gasteiger partial charge in [0.25, 0.3) is 5.91 Å². The first-order valence-corrected chi connectivity index (χ1v) is 8.64. The van der Waals surface area contributed by atoms with Crippen molar-refractivity contribution >= 4 is 17.5 Å². The van der Waals surface area contributed by atoms with Gasteiger partial charge in [0.2, 0.25) is 0 Å². The number of carbonyl (C=O) groups is 3. The highest BCUT2D eigenvalue weighted by Crippen LogP contribution is 2.34. The zero-order valence-corrected chi connectivity index (χ0v) is 15.1. The minimum atomic E-state index is -1.34.